The van der Waals surface area contributed by atoms with Gasteiger partial charge in [-0.25, -0.2) is 8.42 Å². The molecule has 2 N–H and O–H groups in total. The summed E-state index contributed by atoms with van der Waals surface area (Å²) < 4.78 is 66.2. The number of aliphatic hydroxyl groups is 1. The molecule has 5 rings (SSSR count). The average molecular weight is 732 g/mol. The van der Waals surface area contributed by atoms with Crippen LogP contribution in [0, 0.1) is 20.2 Å². The zero-order chi connectivity index (χ0) is 37.1. The van der Waals surface area contributed by atoms with Crippen molar-refractivity contribution in [1.82, 2.24) is 0 Å². The normalized spacial score (nSPS) is 21.1. The third-order valence-electron chi connectivity index (χ3n) is 9.54. The van der Waals surface area contributed by atoms with Crippen molar-refractivity contribution in [3.63, 3.8) is 0 Å². The van der Waals surface area contributed by atoms with Crippen molar-refractivity contribution in [2.75, 3.05) is 34.4 Å². The molecule has 0 aromatic heterocycles. The number of allylic oxidation sites excluding steroid dienone is 4. The molecule has 2 aromatic rings. The zero-order valence-electron chi connectivity index (χ0n) is 27.5. The van der Waals surface area contributed by atoms with Crippen LogP contribution in [0.25, 0.3) is 0 Å². The summed E-state index contributed by atoms with van der Waals surface area (Å²) in [7, 11) is -8.83. The molecule has 0 bridgehead atoms. The molecule has 0 spiro atoms. The Morgan fingerprint density at radius 2 is 1.44 bits per heavy atom. The van der Waals surface area contributed by atoms with Crippen molar-refractivity contribution < 1.29 is 45.7 Å². The molecule has 18 heteroatoms. The second kappa shape index (κ2) is 12.6. The van der Waals surface area contributed by atoms with Gasteiger partial charge in [0.2, 0.25) is 0 Å². The number of aliphatic hydroxyl groups excluding tert-OH is 1. The molecule has 2 aromatic carbocycles. The lowest BCUT2D eigenvalue weighted by Gasteiger charge is -2.34. The number of nitro groups is 2. The standard InChI is InChI=1S/C32H36N4O12S2/c1-31(2)23-15-19(35(39)40)7-9-25(23)33(11-5-13-49(43,44)45)27(31)17-21-29(37)22(30(21)38)18-28-32(3,4)24-16-20(36(41)42)8-10-26(24)34(28)12-6-14-50(46,47)48/h7-10,15-18,27,37H,5-6,11-14H2,1-4H3,(H,43,44,45)(H,46,47,48)/p-1/b21-17?,28-18+. The van der Waals surface area contributed by atoms with E-state index in [0.29, 0.717) is 28.2 Å². The van der Waals surface area contributed by atoms with Gasteiger partial charge in [0.1, 0.15) is 5.76 Å². The van der Waals surface area contributed by atoms with E-state index in [4.69, 9.17) is 0 Å². The smallest absolute Gasteiger partial charge is 0.269 e. The van der Waals surface area contributed by atoms with Crippen molar-refractivity contribution >= 4 is 48.8 Å². The zero-order valence-corrected chi connectivity index (χ0v) is 29.2. The summed E-state index contributed by atoms with van der Waals surface area (Å²) in [4.78, 5) is 39.2. The maximum Gasteiger partial charge on any atom is 0.269 e. The second-order valence-electron chi connectivity index (χ2n) is 13.5. The molecule has 0 saturated heterocycles. The molecule has 1 unspecified atom stereocenters. The molecular formula is C32H35N4O12S2-. The molecule has 0 amide bonds. The number of nitro benzene ring substituents is 2. The molecule has 3 aliphatic rings. The Morgan fingerprint density at radius 1 is 0.880 bits per heavy atom. The van der Waals surface area contributed by atoms with Crippen molar-refractivity contribution in [2.45, 2.75) is 57.4 Å². The highest BCUT2D eigenvalue weighted by atomic mass is 32.2. The number of ketones is 1. The first kappa shape index (κ1) is 36.6. The first-order valence-electron chi connectivity index (χ1n) is 15.5. The molecule has 1 aliphatic carbocycles. The van der Waals surface area contributed by atoms with Crippen LogP contribution in [-0.4, -0.2) is 77.3 Å². The fourth-order valence-corrected chi connectivity index (χ4v) is 7.96. The van der Waals surface area contributed by atoms with Gasteiger partial charge in [-0.2, -0.15) is 8.42 Å². The minimum atomic E-state index is -4.54. The summed E-state index contributed by atoms with van der Waals surface area (Å²) in [5.74, 6) is -2.12. The van der Waals surface area contributed by atoms with E-state index in [1.165, 1.54) is 48.6 Å². The SMILES string of the molecule is CC1(C)/C(=C\C2=C(O)C(=CC3N(CCCS(=O)(=O)O)c4ccc([N+](=O)[O-])cc4C3(C)C)C2=O)N(CCCS(=O)(=O)[O-])c2ccc([N+](=O)[O-])cc21. The number of anilines is 2. The molecular weight excluding hydrogens is 697 g/mol. The van der Waals surface area contributed by atoms with Crippen LogP contribution < -0.4 is 9.80 Å². The van der Waals surface area contributed by atoms with Gasteiger partial charge in [0.15, 0.2) is 5.78 Å². The van der Waals surface area contributed by atoms with E-state index >= 15 is 0 Å². The van der Waals surface area contributed by atoms with E-state index < -0.39 is 64.2 Å². The van der Waals surface area contributed by atoms with Gasteiger partial charge in [-0.3, -0.25) is 29.6 Å². The van der Waals surface area contributed by atoms with E-state index in [2.05, 4.69) is 0 Å². The molecule has 2 aliphatic heterocycles. The number of hydrogen-bond donors (Lipinski definition) is 2. The number of fused-ring (bicyclic) bond motifs is 2. The van der Waals surface area contributed by atoms with Crippen LogP contribution in [0.2, 0.25) is 0 Å². The van der Waals surface area contributed by atoms with Gasteiger partial charge in [0, 0.05) is 71.0 Å². The third-order valence-corrected chi connectivity index (χ3v) is 11.1. The fourth-order valence-electron chi connectivity index (χ4n) is 6.98. The van der Waals surface area contributed by atoms with E-state index in [1.807, 2.05) is 0 Å². The maximum absolute atomic E-state index is 13.7. The number of non-ortho nitro benzene ring substituents is 2. The van der Waals surface area contributed by atoms with Crippen molar-refractivity contribution in [2.24, 2.45) is 0 Å². The summed E-state index contributed by atoms with van der Waals surface area (Å²) in [6.07, 6.45) is 2.88. The van der Waals surface area contributed by atoms with E-state index in [0.717, 1.165) is 0 Å². The number of nitrogens with zero attached hydrogens (tertiary/aromatic N) is 4. The number of Topliss-reactive ketones (excluding diaryl/α,β-unsaturated/α-hetero) is 1. The van der Waals surface area contributed by atoms with Gasteiger partial charge in [-0.05, 0) is 48.3 Å². The van der Waals surface area contributed by atoms with Crippen LogP contribution in [0.5, 0.6) is 0 Å². The fraction of sp³-hybridized carbons (Fsp3) is 0.406. The quantitative estimate of drug-likeness (QED) is 0.135. The lowest BCUT2D eigenvalue weighted by Crippen LogP contribution is -2.42. The number of carbonyl (C=O) groups excluding carboxylic acids is 1. The van der Waals surface area contributed by atoms with Gasteiger partial charge < -0.3 is 19.5 Å². The molecule has 1 atom stereocenters. The minimum Gasteiger partial charge on any atom is -0.748 e. The molecule has 268 valence electrons. The molecule has 0 fully saturated rings. The van der Waals surface area contributed by atoms with Gasteiger partial charge >= 0.3 is 0 Å². The van der Waals surface area contributed by atoms with E-state index in [9.17, 15) is 56.1 Å². The summed E-state index contributed by atoms with van der Waals surface area (Å²) in [5.41, 5.74) is 0.277. The Bertz CT molecular complexity index is 2140. The Morgan fingerprint density at radius 3 is 1.98 bits per heavy atom. The van der Waals surface area contributed by atoms with Crippen LogP contribution >= 0.6 is 0 Å². The summed E-state index contributed by atoms with van der Waals surface area (Å²) in [6.45, 7) is 7.21. The van der Waals surface area contributed by atoms with Crippen LogP contribution in [0.3, 0.4) is 0 Å². The van der Waals surface area contributed by atoms with Crippen molar-refractivity contribution in [1.29, 1.82) is 0 Å². The van der Waals surface area contributed by atoms with Crippen LogP contribution in [-0.2, 0) is 35.9 Å². The molecule has 0 saturated carbocycles. The average Bonchev–Trinajstić information content (AvgIpc) is 3.34. The first-order valence-corrected chi connectivity index (χ1v) is 18.7. The largest absolute Gasteiger partial charge is 0.748 e. The van der Waals surface area contributed by atoms with E-state index in [-0.39, 0.29) is 54.2 Å². The lowest BCUT2D eigenvalue weighted by atomic mass is 9.76. The molecule has 16 nitrogen and oxygen atoms in total. The Hall–Kier alpha value is -4.65. The number of carbonyl (C=O) groups is 1. The molecule has 0 radical (unpaired) electrons. The van der Waals surface area contributed by atoms with Gasteiger partial charge in [-0.15, -0.1) is 0 Å². The minimum absolute atomic E-state index is 0.00455. The molecule has 50 heavy (non-hydrogen) atoms. The van der Waals surface area contributed by atoms with E-state index in [1.54, 1.807) is 37.5 Å². The third kappa shape index (κ3) is 6.75. The Balaban J connectivity index is 1.56. The van der Waals surface area contributed by atoms with Crippen LogP contribution in [0.15, 0.2) is 71.2 Å². The lowest BCUT2D eigenvalue weighted by molar-refractivity contribution is -0.385. The predicted molar refractivity (Wildman–Crippen MR) is 182 cm³/mol. The van der Waals surface area contributed by atoms with Crippen molar-refractivity contribution in [3.8, 4) is 0 Å². The monoisotopic (exact) mass is 731 g/mol. The predicted octanol–water partition coefficient (Wildman–Crippen LogP) is 4.19. The topological polar surface area (TPSA) is 242 Å². The number of rotatable bonds is 12. The molecule has 2 heterocycles. The number of benzene rings is 2. The van der Waals surface area contributed by atoms with Gasteiger partial charge in [0.05, 0.1) is 42.9 Å². The van der Waals surface area contributed by atoms with Crippen LogP contribution in [0.4, 0.5) is 22.7 Å². The number of hydrogen-bond acceptors (Lipinski definition) is 13. The maximum atomic E-state index is 13.7. The van der Waals surface area contributed by atoms with Crippen LogP contribution in [0.1, 0.15) is 51.7 Å². The highest BCUT2D eigenvalue weighted by Crippen LogP contribution is 2.51. The Labute approximate surface area is 288 Å². The summed E-state index contributed by atoms with van der Waals surface area (Å²) in [5, 5.41) is 34.4. The summed E-state index contributed by atoms with van der Waals surface area (Å²) >= 11 is 0. The second-order valence-corrected chi connectivity index (χ2v) is 16.6. The Kier molecular flexibility index (Phi) is 9.23. The van der Waals surface area contributed by atoms with Crippen molar-refractivity contribution in [3.05, 3.63) is 103 Å². The highest BCUT2D eigenvalue weighted by molar-refractivity contribution is 7.85. The first-order chi connectivity index (χ1) is 23.0. The van der Waals surface area contributed by atoms with Gasteiger partial charge in [0.25, 0.3) is 21.5 Å². The highest BCUT2D eigenvalue weighted by Gasteiger charge is 2.47. The van der Waals surface area contributed by atoms with Gasteiger partial charge in [-0.1, -0.05) is 27.7 Å². The summed E-state index contributed by atoms with van der Waals surface area (Å²) in [6, 6.07) is 7.75.